The average molecular weight is 521 g/mol. The molecule has 1 aliphatic rings. The van der Waals surface area contributed by atoms with E-state index in [0.29, 0.717) is 12.5 Å². The first-order valence-electron chi connectivity index (χ1n) is 10.2. The van der Waals surface area contributed by atoms with Gasteiger partial charge in [-0.2, -0.15) is 0 Å². The molecule has 1 fully saturated rings. The molecule has 2 aromatic carbocycles. The van der Waals surface area contributed by atoms with E-state index >= 15 is 0 Å². The number of nitrogens with one attached hydrogen (secondary N) is 3. The van der Waals surface area contributed by atoms with Gasteiger partial charge in [-0.05, 0) is 43.5 Å². The predicted molar refractivity (Wildman–Crippen MR) is 135 cm³/mol. The number of anilines is 1. The van der Waals surface area contributed by atoms with E-state index in [0.717, 1.165) is 36.7 Å². The molecule has 2 aromatic rings. The van der Waals surface area contributed by atoms with Gasteiger partial charge in [0, 0.05) is 44.3 Å². The Morgan fingerprint density at radius 3 is 2.47 bits per heavy atom. The van der Waals surface area contributed by atoms with E-state index in [2.05, 4.69) is 56.2 Å². The molecule has 0 saturated carbocycles. The summed E-state index contributed by atoms with van der Waals surface area (Å²) in [6.07, 6.45) is 1.14. The van der Waals surface area contributed by atoms with Crippen molar-refractivity contribution in [1.29, 1.82) is 0 Å². The lowest BCUT2D eigenvalue weighted by Crippen LogP contribution is -2.39. The second-order valence-electron chi connectivity index (χ2n) is 7.69. The van der Waals surface area contributed by atoms with E-state index in [4.69, 9.17) is 0 Å². The van der Waals surface area contributed by atoms with Gasteiger partial charge in [0.2, 0.25) is 0 Å². The number of guanidine groups is 1. The molecule has 0 radical (unpaired) electrons. The number of aliphatic imine (C=N–C) groups is 1. The van der Waals surface area contributed by atoms with E-state index < -0.39 is 0 Å². The minimum absolute atomic E-state index is 0. The number of nitrogens with zero attached hydrogens (tertiary/aromatic N) is 2. The van der Waals surface area contributed by atoms with Crippen LogP contribution in [0.15, 0.2) is 59.6 Å². The smallest absolute Gasteiger partial charge is 0.319 e. The lowest BCUT2D eigenvalue weighted by Gasteiger charge is -2.22. The zero-order chi connectivity index (χ0) is 20.6. The topological polar surface area (TPSA) is 68.8 Å². The summed E-state index contributed by atoms with van der Waals surface area (Å²) < 4.78 is 0. The van der Waals surface area contributed by atoms with Crippen LogP contribution in [0, 0.1) is 0 Å². The molecule has 7 heteroatoms. The van der Waals surface area contributed by atoms with Crippen LogP contribution in [0.2, 0.25) is 0 Å². The summed E-state index contributed by atoms with van der Waals surface area (Å²) >= 11 is 0. The molecule has 2 amide bonds. The molecule has 1 unspecified atom stereocenters. The molecule has 0 aromatic heterocycles. The number of halogens is 1. The van der Waals surface area contributed by atoms with Crippen molar-refractivity contribution in [3.63, 3.8) is 0 Å². The zero-order valence-corrected chi connectivity index (χ0v) is 20.2. The lowest BCUT2D eigenvalue weighted by atomic mass is 9.99. The second kappa shape index (κ2) is 11.8. The van der Waals surface area contributed by atoms with Crippen LogP contribution in [0.1, 0.15) is 37.3 Å². The second-order valence-corrected chi connectivity index (χ2v) is 7.69. The number of hydrogen-bond donors (Lipinski definition) is 3. The fraction of sp³-hybridized carbons (Fsp3) is 0.391. The van der Waals surface area contributed by atoms with Gasteiger partial charge in [0.25, 0.3) is 0 Å². The number of benzene rings is 2. The standard InChI is InChI=1S/C23H31N5O.HI/c1-17(2)26-23(29)27-21-11-9-18(10-12-21)15-25-22(24-3)28-14-13-20(16-28)19-7-5-4-6-8-19;/h4-12,17,20H,13-16H2,1-3H3,(H,24,25)(H2,26,27,29);1H. The summed E-state index contributed by atoms with van der Waals surface area (Å²) in [5, 5.41) is 9.12. The minimum atomic E-state index is -0.187. The van der Waals surface area contributed by atoms with E-state index in [1.165, 1.54) is 5.56 Å². The molecular formula is C23H32IN5O. The van der Waals surface area contributed by atoms with Crippen molar-refractivity contribution in [3.05, 3.63) is 65.7 Å². The van der Waals surface area contributed by atoms with Crippen molar-refractivity contribution in [3.8, 4) is 0 Å². The third-order valence-corrected chi connectivity index (χ3v) is 5.05. The molecule has 1 atom stereocenters. The van der Waals surface area contributed by atoms with Crippen LogP contribution >= 0.6 is 24.0 Å². The van der Waals surface area contributed by atoms with E-state index in [1.807, 2.05) is 45.2 Å². The first-order valence-corrected chi connectivity index (χ1v) is 10.2. The van der Waals surface area contributed by atoms with Gasteiger partial charge in [-0.1, -0.05) is 42.5 Å². The molecule has 3 rings (SSSR count). The quantitative estimate of drug-likeness (QED) is 0.311. The van der Waals surface area contributed by atoms with Crippen molar-refractivity contribution in [2.75, 3.05) is 25.5 Å². The van der Waals surface area contributed by atoms with E-state index in [-0.39, 0.29) is 36.0 Å². The number of carbonyl (C=O) groups excluding carboxylic acids is 1. The molecule has 162 valence electrons. The highest BCUT2D eigenvalue weighted by atomic mass is 127. The highest BCUT2D eigenvalue weighted by Crippen LogP contribution is 2.26. The predicted octanol–water partition coefficient (Wildman–Crippen LogP) is 4.40. The fourth-order valence-corrected chi connectivity index (χ4v) is 3.60. The molecule has 1 heterocycles. The van der Waals surface area contributed by atoms with Crippen molar-refractivity contribution in [2.24, 2.45) is 4.99 Å². The number of urea groups is 1. The third kappa shape index (κ3) is 6.90. The number of amides is 2. The highest BCUT2D eigenvalue weighted by molar-refractivity contribution is 14.0. The van der Waals surface area contributed by atoms with Gasteiger partial charge in [0.05, 0.1) is 0 Å². The average Bonchev–Trinajstić information content (AvgIpc) is 3.20. The lowest BCUT2D eigenvalue weighted by molar-refractivity contribution is 0.250. The molecule has 0 bridgehead atoms. The third-order valence-electron chi connectivity index (χ3n) is 5.05. The van der Waals surface area contributed by atoms with Crippen LogP contribution in [-0.2, 0) is 6.54 Å². The molecule has 30 heavy (non-hydrogen) atoms. The SMILES string of the molecule is CN=C(NCc1ccc(NC(=O)NC(C)C)cc1)N1CCC(c2ccccc2)C1.I. The van der Waals surface area contributed by atoms with Crippen LogP contribution < -0.4 is 16.0 Å². The maximum absolute atomic E-state index is 11.8. The first-order chi connectivity index (χ1) is 14.0. The molecule has 6 nitrogen and oxygen atoms in total. The minimum Gasteiger partial charge on any atom is -0.352 e. The van der Waals surface area contributed by atoms with Crippen molar-refractivity contribution in [1.82, 2.24) is 15.5 Å². The van der Waals surface area contributed by atoms with E-state index in [1.54, 1.807) is 0 Å². The van der Waals surface area contributed by atoms with Crippen molar-refractivity contribution in [2.45, 2.75) is 38.8 Å². The summed E-state index contributed by atoms with van der Waals surface area (Å²) in [6.45, 7) is 6.55. The Labute approximate surface area is 196 Å². The van der Waals surface area contributed by atoms with Crippen molar-refractivity contribution < 1.29 is 4.79 Å². The fourth-order valence-electron chi connectivity index (χ4n) is 3.60. The number of hydrogen-bond acceptors (Lipinski definition) is 2. The number of rotatable bonds is 5. The Hall–Kier alpha value is -2.29. The largest absolute Gasteiger partial charge is 0.352 e. The van der Waals surface area contributed by atoms with Gasteiger partial charge in [-0.3, -0.25) is 4.99 Å². The van der Waals surface area contributed by atoms with Crippen LogP contribution in [0.3, 0.4) is 0 Å². The monoisotopic (exact) mass is 521 g/mol. The van der Waals surface area contributed by atoms with Gasteiger partial charge in [0.15, 0.2) is 5.96 Å². The molecular weight excluding hydrogens is 489 g/mol. The van der Waals surface area contributed by atoms with Crippen LogP contribution in [0.25, 0.3) is 0 Å². The Morgan fingerprint density at radius 1 is 1.13 bits per heavy atom. The van der Waals surface area contributed by atoms with Crippen LogP contribution in [-0.4, -0.2) is 43.1 Å². The van der Waals surface area contributed by atoms with Gasteiger partial charge in [-0.25, -0.2) is 4.79 Å². The maximum atomic E-state index is 11.8. The zero-order valence-electron chi connectivity index (χ0n) is 17.9. The van der Waals surface area contributed by atoms with Crippen molar-refractivity contribution >= 4 is 41.7 Å². The number of carbonyl (C=O) groups is 1. The Bertz CT molecular complexity index is 823. The molecule has 3 N–H and O–H groups in total. The Morgan fingerprint density at radius 2 is 1.83 bits per heavy atom. The normalized spacial score (nSPS) is 16.2. The summed E-state index contributed by atoms with van der Waals surface area (Å²) in [5.41, 5.74) is 3.32. The first kappa shape index (κ1) is 24.0. The summed E-state index contributed by atoms with van der Waals surface area (Å²) in [4.78, 5) is 18.6. The van der Waals surface area contributed by atoms with Gasteiger partial charge < -0.3 is 20.9 Å². The number of likely N-dealkylation sites (tertiary alicyclic amines) is 1. The molecule has 0 spiro atoms. The summed E-state index contributed by atoms with van der Waals surface area (Å²) in [7, 11) is 1.83. The molecule has 1 aliphatic heterocycles. The molecule has 0 aliphatic carbocycles. The van der Waals surface area contributed by atoms with Gasteiger partial charge in [0.1, 0.15) is 0 Å². The Kier molecular flexibility index (Phi) is 9.42. The van der Waals surface area contributed by atoms with Crippen LogP contribution in [0.5, 0.6) is 0 Å². The Balaban J connectivity index is 0.00000320. The maximum Gasteiger partial charge on any atom is 0.319 e. The highest BCUT2D eigenvalue weighted by Gasteiger charge is 2.25. The summed E-state index contributed by atoms with van der Waals surface area (Å²) in [5.74, 6) is 1.49. The van der Waals surface area contributed by atoms with Gasteiger partial charge in [-0.15, -0.1) is 24.0 Å². The molecule has 1 saturated heterocycles. The van der Waals surface area contributed by atoms with E-state index in [9.17, 15) is 4.79 Å². The summed E-state index contributed by atoms with van der Waals surface area (Å²) in [6, 6.07) is 18.5. The van der Waals surface area contributed by atoms with Crippen LogP contribution in [0.4, 0.5) is 10.5 Å². The van der Waals surface area contributed by atoms with Gasteiger partial charge >= 0.3 is 6.03 Å².